The van der Waals surface area contributed by atoms with Crippen molar-refractivity contribution in [2.45, 2.75) is 51.0 Å². The van der Waals surface area contributed by atoms with Gasteiger partial charge in [0.25, 0.3) is 0 Å². The molecule has 2 aromatic rings. The number of sulfonamides is 1. The molecule has 0 aromatic carbocycles. The number of hydrogen-bond donors (Lipinski definition) is 0. The first-order chi connectivity index (χ1) is 11.8. The average Bonchev–Trinajstić information content (AvgIpc) is 3.07. The number of rotatable bonds is 4. The fourth-order valence-electron chi connectivity index (χ4n) is 3.45. The molecular weight excluding hydrogens is 346 g/mol. The van der Waals surface area contributed by atoms with Gasteiger partial charge in [-0.3, -0.25) is 4.57 Å². The van der Waals surface area contributed by atoms with Crippen molar-refractivity contribution in [3.05, 3.63) is 27.8 Å². The van der Waals surface area contributed by atoms with Crippen LogP contribution in [-0.4, -0.2) is 45.3 Å². The molecule has 9 nitrogen and oxygen atoms in total. The largest absolute Gasteiger partial charge is 0.360 e. The number of aromatic nitrogens is 4. The highest BCUT2D eigenvalue weighted by Crippen LogP contribution is 2.31. The Kier molecular flexibility index (Phi) is 4.58. The van der Waals surface area contributed by atoms with E-state index in [9.17, 15) is 13.2 Å². The first kappa shape index (κ1) is 17.9. The van der Waals surface area contributed by atoms with E-state index in [0.717, 1.165) is 5.82 Å². The average molecular weight is 369 g/mol. The van der Waals surface area contributed by atoms with Gasteiger partial charge >= 0.3 is 5.69 Å². The Morgan fingerprint density at radius 3 is 2.40 bits per heavy atom. The van der Waals surface area contributed by atoms with Gasteiger partial charge in [-0.1, -0.05) is 5.16 Å². The molecule has 0 unspecified atom stereocenters. The Balaban J connectivity index is 1.81. The predicted molar refractivity (Wildman–Crippen MR) is 89.9 cm³/mol. The fourth-order valence-corrected chi connectivity index (χ4v) is 5.21. The Bertz CT molecular complexity index is 912. The van der Waals surface area contributed by atoms with Crippen LogP contribution >= 0.6 is 0 Å². The molecule has 0 saturated carbocycles. The molecule has 1 saturated heterocycles. The second-order valence-corrected chi connectivity index (χ2v) is 8.22. The smallest absolute Gasteiger partial charge is 0.345 e. The molecule has 1 aliphatic heterocycles. The summed E-state index contributed by atoms with van der Waals surface area (Å²) in [5.41, 5.74) is 0.243. The van der Waals surface area contributed by atoms with E-state index < -0.39 is 10.0 Å². The van der Waals surface area contributed by atoms with Crippen LogP contribution in [0.25, 0.3) is 0 Å². The standard InChI is InChI=1S/C15H23N5O4S/c1-5-20-14(16-18(4)15(20)21)12-6-8-19(9-7-12)25(22,23)13-10(2)17-24-11(13)3/h12H,5-9H2,1-4H3. The Morgan fingerprint density at radius 1 is 1.24 bits per heavy atom. The maximum absolute atomic E-state index is 12.9. The fraction of sp³-hybridized carbons (Fsp3) is 0.667. The molecular formula is C15H23N5O4S. The van der Waals surface area contributed by atoms with Gasteiger partial charge in [0.1, 0.15) is 16.4 Å². The van der Waals surface area contributed by atoms with Crippen LogP contribution in [0.3, 0.4) is 0 Å². The van der Waals surface area contributed by atoms with Crippen LogP contribution in [0.2, 0.25) is 0 Å². The summed E-state index contributed by atoms with van der Waals surface area (Å²) < 4.78 is 35.2. The highest BCUT2D eigenvalue weighted by Gasteiger charge is 2.35. The monoisotopic (exact) mass is 369 g/mol. The van der Waals surface area contributed by atoms with Crippen LogP contribution in [-0.2, 0) is 23.6 Å². The van der Waals surface area contributed by atoms with E-state index in [0.29, 0.717) is 43.9 Å². The lowest BCUT2D eigenvalue weighted by molar-refractivity contribution is 0.308. The molecule has 0 amide bonds. The molecule has 10 heteroatoms. The molecule has 2 aromatic heterocycles. The van der Waals surface area contributed by atoms with Crippen molar-refractivity contribution >= 4 is 10.0 Å². The van der Waals surface area contributed by atoms with Crippen molar-refractivity contribution in [2.75, 3.05) is 13.1 Å². The minimum atomic E-state index is -3.62. The molecule has 25 heavy (non-hydrogen) atoms. The van der Waals surface area contributed by atoms with Crippen molar-refractivity contribution < 1.29 is 12.9 Å². The van der Waals surface area contributed by atoms with E-state index >= 15 is 0 Å². The minimum Gasteiger partial charge on any atom is -0.360 e. The Hall–Kier alpha value is -1.94. The first-order valence-electron chi connectivity index (χ1n) is 8.34. The molecule has 0 aliphatic carbocycles. The quantitative estimate of drug-likeness (QED) is 0.789. The molecule has 3 rings (SSSR count). The van der Waals surface area contributed by atoms with Crippen LogP contribution in [0, 0.1) is 13.8 Å². The molecule has 3 heterocycles. The third kappa shape index (κ3) is 2.93. The van der Waals surface area contributed by atoms with Crippen molar-refractivity contribution in [3.63, 3.8) is 0 Å². The van der Waals surface area contributed by atoms with E-state index in [2.05, 4.69) is 10.3 Å². The molecule has 0 N–H and O–H groups in total. The summed E-state index contributed by atoms with van der Waals surface area (Å²) in [7, 11) is -1.99. The summed E-state index contributed by atoms with van der Waals surface area (Å²) in [6.07, 6.45) is 1.25. The van der Waals surface area contributed by atoms with Gasteiger partial charge in [-0.2, -0.15) is 9.40 Å². The topological polar surface area (TPSA) is 103 Å². The van der Waals surface area contributed by atoms with Gasteiger partial charge in [0.2, 0.25) is 10.0 Å². The van der Waals surface area contributed by atoms with E-state index in [1.165, 1.54) is 8.99 Å². The summed E-state index contributed by atoms with van der Waals surface area (Å²) in [6.45, 7) is 6.46. The summed E-state index contributed by atoms with van der Waals surface area (Å²) in [5, 5.41) is 8.09. The lowest BCUT2D eigenvalue weighted by Gasteiger charge is -2.30. The van der Waals surface area contributed by atoms with Crippen LogP contribution in [0.15, 0.2) is 14.2 Å². The lowest BCUT2D eigenvalue weighted by Crippen LogP contribution is -2.39. The molecule has 138 valence electrons. The molecule has 1 aliphatic rings. The second-order valence-electron chi connectivity index (χ2n) is 6.34. The third-order valence-electron chi connectivity index (χ3n) is 4.74. The normalized spacial score (nSPS) is 17.3. The van der Waals surface area contributed by atoms with Gasteiger partial charge in [0, 0.05) is 32.6 Å². The lowest BCUT2D eigenvalue weighted by atomic mass is 9.97. The predicted octanol–water partition coefficient (Wildman–Crippen LogP) is 0.775. The van der Waals surface area contributed by atoms with Gasteiger partial charge in [0.05, 0.1) is 0 Å². The second kappa shape index (κ2) is 6.41. The van der Waals surface area contributed by atoms with E-state index in [1.54, 1.807) is 25.5 Å². The molecule has 0 radical (unpaired) electrons. The number of piperidine rings is 1. The number of aryl methyl sites for hydroxylation is 3. The van der Waals surface area contributed by atoms with Crippen LogP contribution in [0.5, 0.6) is 0 Å². The molecule has 0 atom stereocenters. The summed E-state index contributed by atoms with van der Waals surface area (Å²) in [6, 6.07) is 0. The van der Waals surface area contributed by atoms with Gasteiger partial charge < -0.3 is 4.52 Å². The zero-order valence-corrected chi connectivity index (χ0v) is 15.7. The number of hydrogen-bond acceptors (Lipinski definition) is 6. The van der Waals surface area contributed by atoms with Crippen molar-refractivity contribution in [3.8, 4) is 0 Å². The Labute approximate surface area is 146 Å². The first-order valence-corrected chi connectivity index (χ1v) is 9.78. The molecule has 0 spiro atoms. The van der Waals surface area contributed by atoms with Crippen molar-refractivity contribution in [2.24, 2.45) is 7.05 Å². The van der Waals surface area contributed by atoms with Crippen LogP contribution in [0.4, 0.5) is 0 Å². The maximum Gasteiger partial charge on any atom is 0.345 e. The highest BCUT2D eigenvalue weighted by atomic mass is 32.2. The zero-order valence-electron chi connectivity index (χ0n) is 14.9. The van der Waals surface area contributed by atoms with E-state index in [1.807, 2.05) is 6.92 Å². The van der Waals surface area contributed by atoms with Crippen molar-refractivity contribution in [1.29, 1.82) is 0 Å². The van der Waals surface area contributed by atoms with Gasteiger partial charge in [0.15, 0.2) is 5.76 Å². The van der Waals surface area contributed by atoms with Crippen LogP contribution < -0.4 is 5.69 Å². The summed E-state index contributed by atoms with van der Waals surface area (Å²) in [4.78, 5) is 12.2. The van der Waals surface area contributed by atoms with E-state index in [-0.39, 0.29) is 16.5 Å². The summed E-state index contributed by atoms with van der Waals surface area (Å²) >= 11 is 0. The van der Waals surface area contributed by atoms with Gasteiger partial charge in [-0.05, 0) is 33.6 Å². The maximum atomic E-state index is 12.9. The number of nitrogens with zero attached hydrogens (tertiary/aromatic N) is 5. The molecule has 0 bridgehead atoms. The summed E-state index contributed by atoms with van der Waals surface area (Å²) in [5.74, 6) is 1.12. The van der Waals surface area contributed by atoms with Gasteiger partial charge in [-0.15, -0.1) is 0 Å². The van der Waals surface area contributed by atoms with Crippen LogP contribution in [0.1, 0.15) is 43.0 Å². The van der Waals surface area contributed by atoms with Gasteiger partial charge in [-0.25, -0.2) is 17.9 Å². The zero-order chi connectivity index (χ0) is 18.4. The SMILES string of the molecule is CCn1c(C2CCN(S(=O)(=O)c3c(C)noc3C)CC2)nn(C)c1=O. The molecule has 1 fully saturated rings. The minimum absolute atomic E-state index is 0.0740. The van der Waals surface area contributed by atoms with Crippen molar-refractivity contribution in [1.82, 2.24) is 23.8 Å². The third-order valence-corrected chi connectivity index (χ3v) is 6.88. The Morgan fingerprint density at radius 2 is 1.88 bits per heavy atom. The highest BCUT2D eigenvalue weighted by molar-refractivity contribution is 7.89. The van der Waals surface area contributed by atoms with E-state index in [4.69, 9.17) is 4.52 Å².